The topological polar surface area (TPSA) is 76.1 Å². The number of esters is 1. The fourth-order valence-corrected chi connectivity index (χ4v) is 1.65. The van der Waals surface area contributed by atoms with Crippen LogP contribution < -0.4 is 5.73 Å². The molecule has 16 heavy (non-hydrogen) atoms. The van der Waals surface area contributed by atoms with Crippen molar-refractivity contribution >= 4 is 5.97 Å². The summed E-state index contributed by atoms with van der Waals surface area (Å²) < 4.78 is 4.67. The molecule has 0 fully saturated rings. The first-order valence-corrected chi connectivity index (χ1v) is 5.02. The molecule has 1 aromatic carbocycles. The molecule has 0 unspecified atom stereocenters. The van der Waals surface area contributed by atoms with E-state index in [1.165, 1.54) is 13.2 Å². The molecular weight excluding hydrogens is 204 g/mol. The maximum atomic E-state index is 11.5. The standard InChI is InChI=1S/C12H14N2O2/c1-3-9-4-8(6-13)5-10(11(9)7-14)12(15)16-2/h4-5H,3,7,14H2,1-2H3. The molecule has 0 aliphatic rings. The highest BCUT2D eigenvalue weighted by molar-refractivity contribution is 5.92. The number of benzene rings is 1. The van der Waals surface area contributed by atoms with Crippen LogP contribution in [0.25, 0.3) is 0 Å². The van der Waals surface area contributed by atoms with Gasteiger partial charge in [0.15, 0.2) is 0 Å². The Labute approximate surface area is 94.6 Å². The van der Waals surface area contributed by atoms with E-state index in [9.17, 15) is 4.79 Å². The van der Waals surface area contributed by atoms with Gasteiger partial charge in [-0.15, -0.1) is 0 Å². The number of methoxy groups -OCH3 is 1. The van der Waals surface area contributed by atoms with Gasteiger partial charge in [-0.05, 0) is 29.7 Å². The Bertz CT molecular complexity index is 447. The Morgan fingerprint density at radius 1 is 1.56 bits per heavy atom. The molecule has 0 spiro atoms. The van der Waals surface area contributed by atoms with Gasteiger partial charge in [0.1, 0.15) is 0 Å². The van der Waals surface area contributed by atoms with Crippen molar-refractivity contribution in [1.82, 2.24) is 0 Å². The zero-order valence-corrected chi connectivity index (χ0v) is 9.41. The zero-order valence-electron chi connectivity index (χ0n) is 9.41. The number of rotatable bonds is 3. The minimum absolute atomic E-state index is 0.263. The Balaban J connectivity index is 3.44. The van der Waals surface area contributed by atoms with Gasteiger partial charge in [0.2, 0.25) is 0 Å². The molecule has 84 valence electrons. The molecule has 0 amide bonds. The average Bonchev–Trinajstić information content (AvgIpc) is 2.35. The van der Waals surface area contributed by atoms with E-state index < -0.39 is 5.97 Å². The number of nitrogens with zero attached hydrogens (tertiary/aromatic N) is 1. The van der Waals surface area contributed by atoms with Crippen molar-refractivity contribution in [3.63, 3.8) is 0 Å². The van der Waals surface area contributed by atoms with E-state index in [1.54, 1.807) is 6.07 Å². The predicted octanol–water partition coefficient (Wildman–Crippen LogP) is 1.37. The molecule has 2 N–H and O–H groups in total. The van der Waals surface area contributed by atoms with Gasteiger partial charge < -0.3 is 10.5 Å². The van der Waals surface area contributed by atoms with E-state index in [0.717, 1.165) is 17.5 Å². The van der Waals surface area contributed by atoms with Gasteiger partial charge in [0, 0.05) is 6.54 Å². The highest BCUT2D eigenvalue weighted by atomic mass is 16.5. The van der Waals surface area contributed by atoms with Crippen molar-refractivity contribution in [1.29, 1.82) is 5.26 Å². The summed E-state index contributed by atoms with van der Waals surface area (Å²) in [6, 6.07) is 5.30. The lowest BCUT2D eigenvalue weighted by atomic mass is 9.96. The number of ether oxygens (including phenoxy) is 1. The predicted molar refractivity (Wildman–Crippen MR) is 59.8 cm³/mol. The summed E-state index contributed by atoms with van der Waals surface area (Å²) in [7, 11) is 1.31. The summed E-state index contributed by atoms with van der Waals surface area (Å²) in [6.45, 7) is 2.22. The minimum Gasteiger partial charge on any atom is -0.465 e. The molecular formula is C12H14N2O2. The van der Waals surface area contributed by atoms with E-state index in [4.69, 9.17) is 11.0 Å². The molecule has 0 heterocycles. The molecule has 0 aromatic heterocycles. The van der Waals surface area contributed by atoms with Crippen LogP contribution >= 0.6 is 0 Å². The number of hydrogen-bond acceptors (Lipinski definition) is 4. The fraction of sp³-hybridized carbons (Fsp3) is 0.333. The normalized spacial score (nSPS) is 9.62. The van der Waals surface area contributed by atoms with Gasteiger partial charge in [-0.2, -0.15) is 5.26 Å². The smallest absolute Gasteiger partial charge is 0.338 e. The number of carbonyl (C=O) groups excluding carboxylic acids is 1. The number of aryl methyl sites for hydroxylation is 1. The van der Waals surface area contributed by atoms with E-state index in [0.29, 0.717) is 11.1 Å². The Morgan fingerprint density at radius 2 is 2.25 bits per heavy atom. The Kier molecular flexibility index (Phi) is 4.03. The third-order valence-corrected chi connectivity index (χ3v) is 2.46. The van der Waals surface area contributed by atoms with Crippen LogP contribution in [-0.4, -0.2) is 13.1 Å². The third kappa shape index (κ3) is 2.20. The molecule has 0 saturated carbocycles. The molecule has 4 heteroatoms. The third-order valence-electron chi connectivity index (χ3n) is 2.46. The van der Waals surface area contributed by atoms with Gasteiger partial charge in [0.25, 0.3) is 0 Å². The molecule has 1 rings (SSSR count). The molecule has 0 atom stereocenters. The summed E-state index contributed by atoms with van der Waals surface area (Å²) in [5.74, 6) is -0.452. The van der Waals surface area contributed by atoms with Crippen LogP contribution in [-0.2, 0) is 17.7 Å². The first-order valence-electron chi connectivity index (χ1n) is 5.02. The van der Waals surface area contributed by atoms with Crippen molar-refractivity contribution < 1.29 is 9.53 Å². The van der Waals surface area contributed by atoms with E-state index in [1.807, 2.05) is 13.0 Å². The van der Waals surface area contributed by atoms with Crippen molar-refractivity contribution in [2.45, 2.75) is 19.9 Å². The van der Waals surface area contributed by atoms with Crippen LogP contribution in [0.3, 0.4) is 0 Å². The van der Waals surface area contributed by atoms with Gasteiger partial charge in [-0.25, -0.2) is 4.79 Å². The maximum Gasteiger partial charge on any atom is 0.338 e. The first-order chi connectivity index (χ1) is 7.67. The Morgan fingerprint density at radius 3 is 2.69 bits per heavy atom. The second-order valence-corrected chi connectivity index (χ2v) is 3.32. The van der Waals surface area contributed by atoms with Crippen molar-refractivity contribution in [2.24, 2.45) is 5.73 Å². The number of hydrogen-bond donors (Lipinski definition) is 1. The lowest BCUT2D eigenvalue weighted by Crippen LogP contribution is -2.12. The summed E-state index contributed by atoms with van der Waals surface area (Å²) in [4.78, 5) is 11.5. The minimum atomic E-state index is -0.452. The molecule has 1 aromatic rings. The first kappa shape index (κ1) is 12.2. The SMILES string of the molecule is CCc1cc(C#N)cc(C(=O)OC)c1CN. The van der Waals surface area contributed by atoms with Crippen molar-refractivity contribution in [2.75, 3.05) is 7.11 Å². The highest BCUT2D eigenvalue weighted by Gasteiger charge is 2.15. The zero-order chi connectivity index (χ0) is 12.1. The monoisotopic (exact) mass is 218 g/mol. The van der Waals surface area contributed by atoms with Crippen molar-refractivity contribution in [3.05, 3.63) is 34.4 Å². The number of nitriles is 1. The second-order valence-electron chi connectivity index (χ2n) is 3.32. The molecule has 4 nitrogen and oxygen atoms in total. The van der Waals surface area contributed by atoms with E-state index in [2.05, 4.69) is 4.74 Å². The van der Waals surface area contributed by atoms with Crippen LogP contribution in [0.2, 0.25) is 0 Å². The van der Waals surface area contributed by atoms with Crippen LogP contribution in [0.5, 0.6) is 0 Å². The molecule has 0 aliphatic heterocycles. The van der Waals surface area contributed by atoms with Gasteiger partial charge in [0.05, 0.1) is 24.3 Å². The number of nitrogens with two attached hydrogens (primary N) is 1. The molecule has 0 saturated heterocycles. The highest BCUT2D eigenvalue weighted by Crippen LogP contribution is 2.19. The summed E-state index contributed by atoms with van der Waals surface area (Å²) in [5.41, 5.74) is 8.14. The average molecular weight is 218 g/mol. The molecule has 0 bridgehead atoms. The summed E-state index contributed by atoms with van der Waals surface area (Å²) >= 11 is 0. The largest absolute Gasteiger partial charge is 0.465 e. The number of carbonyl (C=O) groups is 1. The summed E-state index contributed by atoms with van der Waals surface area (Å²) in [6.07, 6.45) is 0.728. The fourth-order valence-electron chi connectivity index (χ4n) is 1.65. The lowest BCUT2D eigenvalue weighted by Gasteiger charge is -2.11. The van der Waals surface area contributed by atoms with Crippen LogP contribution in [0, 0.1) is 11.3 Å². The molecule has 0 aliphatic carbocycles. The van der Waals surface area contributed by atoms with Gasteiger partial charge in [-0.1, -0.05) is 6.92 Å². The van der Waals surface area contributed by atoms with E-state index >= 15 is 0 Å². The lowest BCUT2D eigenvalue weighted by molar-refractivity contribution is 0.0599. The maximum absolute atomic E-state index is 11.5. The van der Waals surface area contributed by atoms with Crippen LogP contribution in [0.15, 0.2) is 12.1 Å². The van der Waals surface area contributed by atoms with E-state index in [-0.39, 0.29) is 6.54 Å². The second kappa shape index (κ2) is 5.29. The molecule has 0 radical (unpaired) electrons. The van der Waals surface area contributed by atoms with Gasteiger partial charge in [-0.3, -0.25) is 0 Å². The summed E-state index contributed by atoms with van der Waals surface area (Å²) in [5, 5.41) is 8.87. The van der Waals surface area contributed by atoms with Gasteiger partial charge >= 0.3 is 5.97 Å². The van der Waals surface area contributed by atoms with Crippen LogP contribution in [0.4, 0.5) is 0 Å². The quantitative estimate of drug-likeness (QED) is 0.777. The van der Waals surface area contributed by atoms with Crippen LogP contribution in [0.1, 0.15) is 34.0 Å². The Hall–Kier alpha value is -1.86. The van der Waals surface area contributed by atoms with Crippen molar-refractivity contribution in [3.8, 4) is 6.07 Å².